The summed E-state index contributed by atoms with van der Waals surface area (Å²) >= 11 is 1.59. The first kappa shape index (κ1) is 15.5. The van der Waals surface area contributed by atoms with E-state index < -0.39 is 11.9 Å². The number of aromatic nitrogens is 4. The molecule has 1 atom stereocenters. The molecule has 1 aliphatic rings. The Hall–Kier alpha value is -2.35. The van der Waals surface area contributed by atoms with Crippen molar-refractivity contribution in [3.05, 3.63) is 41.4 Å². The van der Waals surface area contributed by atoms with Gasteiger partial charge >= 0.3 is 0 Å². The number of thioether (sulfide) groups is 1. The molecule has 0 saturated heterocycles. The summed E-state index contributed by atoms with van der Waals surface area (Å²) in [5.41, 5.74) is 7.69. The summed E-state index contributed by atoms with van der Waals surface area (Å²) in [6, 6.07) is 3.32. The van der Waals surface area contributed by atoms with Crippen LogP contribution in [0, 0.1) is 0 Å². The lowest BCUT2D eigenvalue weighted by atomic mass is 9.96. The number of allylic oxidation sites excluding steroid dienone is 1. The molecule has 23 heavy (non-hydrogen) atoms. The molecule has 2 aromatic heterocycles. The van der Waals surface area contributed by atoms with Crippen LogP contribution in [0.15, 0.2) is 41.0 Å². The largest absolute Gasteiger partial charge is 0.366 e. The number of carbonyl (C=O) groups excluding carboxylic acids is 1. The third kappa shape index (κ3) is 2.94. The van der Waals surface area contributed by atoms with Crippen LogP contribution in [0.3, 0.4) is 0 Å². The van der Waals surface area contributed by atoms with Crippen molar-refractivity contribution in [3.8, 4) is 0 Å². The number of primary amides is 1. The molecule has 1 aliphatic heterocycles. The second-order valence-corrected chi connectivity index (χ2v) is 6.28. The van der Waals surface area contributed by atoms with Crippen molar-refractivity contribution in [1.29, 1.82) is 0 Å². The van der Waals surface area contributed by atoms with Gasteiger partial charge in [0.1, 0.15) is 6.04 Å². The van der Waals surface area contributed by atoms with Crippen LogP contribution in [0.4, 0.5) is 5.95 Å². The summed E-state index contributed by atoms with van der Waals surface area (Å²) in [5.74, 6) is 1.09. The van der Waals surface area contributed by atoms with Gasteiger partial charge in [-0.05, 0) is 31.0 Å². The first-order valence-electron chi connectivity index (χ1n) is 7.38. The Morgan fingerprint density at radius 1 is 1.43 bits per heavy atom. The number of nitrogens with zero attached hydrogens (tertiary/aromatic N) is 4. The average Bonchev–Trinajstić information content (AvgIpc) is 2.94. The number of hydrogen-bond donors (Lipinski definition) is 2. The van der Waals surface area contributed by atoms with Gasteiger partial charge in [-0.25, -0.2) is 4.68 Å². The highest BCUT2D eigenvalue weighted by atomic mass is 32.2. The maximum absolute atomic E-state index is 12.0. The smallest absolute Gasteiger partial charge is 0.248 e. The normalized spacial score (nSPS) is 16.9. The second-order valence-electron chi connectivity index (χ2n) is 5.22. The summed E-state index contributed by atoms with van der Waals surface area (Å²) in [6.45, 7) is 3.93. The molecule has 0 bridgehead atoms. The Balaban J connectivity index is 2.09. The van der Waals surface area contributed by atoms with Crippen LogP contribution >= 0.6 is 11.8 Å². The van der Waals surface area contributed by atoms with Crippen molar-refractivity contribution < 1.29 is 4.79 Å². The van der Waals surface area contributed by atoms with Crippen LogP contribution in [0.2, 0.25) is 0 Å². The molecule has 0 aromatic carbocycles. The van der Waals surface area contributed by atoms with Gasteiger partial charge in [-0.1, -0.05) is 18.7 Å². The van der Waals surface area contributed by atoms with E-state index in [-0.39, 0.29) is 0 Å². The Morgan fingerprint density at radius 3 is 2.83 bits per heavy atom. The predicted octanol–water partition coefficient (Wildman–Crippen LogP) is 1.95. The van der Waals surface area contributed by atoms with Crippen LogP contribution in [0.5, 0.6) is 0 Å². The maximum atomic E-state index is 12.0. The lowest BCUT2D eigenvalue weighted by molar-refractivity contribution is -0.115. The number of carbonyl (C=O) groups is 1. The molecular weight excluding hydrogens is 312 g/mol. The number of pyridine rings is 1. The molecule has 3 rings (SSSR count). The third-order valence-corrected chi connectivity index (χ3v) is 4.60. The lowest BCUT2D eigenvalue weighted by Crippen LogP contribution is -2.31. The molecule has 8 heteroatoms. The molecule has 0 spiro atoms. The summed E-state index contributed by atoms with van der Waals surface area (Å²) in [7, 11) is 0. The minimum atomic E-state index is -0.472. The van der Waals surface area contributed by atoms with Crippen molar-refractivity contribution in [2.75, 3.05) is 11.1 Å². The first-order valence-corrected chi connectivity index (χ1v) is 8.37. The van der Waals surface area contributed by atoms with E-state index in [1.54, 1.807) is 28.8 Å². The fourth-order valence-electron chi connectivity index (χ4n) is 2.56. The van der Waals surface area contributed by atoms with E-state index in [0.717, 1.165) is 17.7 Å². The molecule has 0 fully saturated rings. The third-order valence-electron chi connectivity index (χ3n) is 3.56. The van der Waals surface area contributed by atoms with Crippen LogP contribution in [0.1, 0.15) is 31.9 Å². The Morgan fingerprint density at radius 2 is 2.17 bits per heavy atom. The molecule has 3 heterocycles. The summed E-state index contributed by atoms with van der Waals surface area (Å²) in [6.07, 6.45) is 4.42. The van der Waals surface area contributed by atoms with Gasteiger partial charge in [-0.2, -0.15) is 4.98 Å². The topological polar surface area (TPSA) is 98.7 Å². The minimum absolute atomic E-state index is 0.393. The van der Waals surface area contributed by atoms with Gasteiger partial charge in [0.2, 0.25) is 17.0 Å². The Bertz CT molecular complexity index is 755. The number of rotatable bonds is 5. The van der Waals surface area contributed by atoms with Gasteiger partial charge in [0, 0.05) is 23.8 Å². The van der Waals surface area contributed by atoms with Gasteiger partial charge in [0.05, 0.1) is 5.57 Å². The first-order chi connectivity index (χ1) is 11.1. The van der Waals surface area contributed by atoms with E-state index in [4.69, 9.17) is 5.73 Å². The van der Waals surface area contributed by atoms with Gasteiger partial charge in [0.15, 0.2) is 0 Å². The zero-order valence-electron chi connectivity index (χ0n) is 13.0. The molecule has 0 saturated carbocycles. The quantitative estimate of drug-likeness (QED) is 0.813. The van der Waals surface area contributed by atoms with Gasteiger partial charge in [-0.3, -0.25) is 9.78 Å². The van der Waals surface area contributed by atoms with Crippen molar-refractivity contribution in [1.82, 2.24) is 19.7 Å². The number of nitrogens with one attached hydrogen (secondary N) is 1. The zero-order valence-corrected chi connectivity index (χ0v) is 13.8. The van der Waals surface area contributed by atoms with E-state index in [9.17, 15) is 4.79 Å². The van der Waals surface area contributed by atoms with Crippen molar-refractivity contribution in [3.63, 3.8) is 0 Å². The monoisotopic (exact) mass is 330 g/mol. The van der Waals surface area contributed by atoms with Crippen LogP contribution < -0.4 is 11.1 Å². The van der Waals surface area contributed by atoms with Crippen LogP contribution in [-0.4, -0.2) is 31.4 Å². The van der Waals surface area contributed by atoms with E-state index in [0.29, 0.717) is 22.4 Å². The minimum Gasteiger partial charge on any atom is -0.366 e. The lowest BCUT2D eigenvalue weighted by Gasteiger charge is -2.27. The Kier molecular flexibility index (Phi) is 4.33. The number of nitrogens with two attached hydrogens (primary N) is 1. The molecular formula is C15H18N6OS. The molecule has 1 unspecified atom stereocenters. The van der Waals surface area contributed by atoms with Crippen molar-refractivity contribution in [2.24, 2.45) is 5.73 Å². The van der Waals surface area contributed by atoms with Gasteiger partial charge in [-0.15, -0.1) is 5.10 Å². The van der Waals surface area contributed by atoms with E-state index in [1.165, 1.54) is 0 Å². The summed E-state index contributed by atoms with van der Waals surface area (Å²) < 4.78 is 1.72. The fraction of sp³-hybridized carbons (Fsp3) is 0.333. The second kappa shape index (κ2) is 6.41. The highest BCUT2D eigenvalue weighted by molar-refractivity contribution is 7.99. The highest BCUT2D eigenvalue weighted by Gasteiger charge is 2.33. The number of hydrogen-bond acceptors (Lipinski definition) is 6. The zero-order chi connectivity index (χ0) is 16.4. The molecule has 0 radical (unpaired) electrons. The summed E-state index contributed by atoms with van der Waals surface area (Å²) in [5, 5.41) is 8.37. The molecule has 0 aliphatic carbocycles. The average molecular weight is 330 g/mol. The number of fused-ring (bicyclic) bond motifs is 1. The Labute approximate surface area is 138 Å². The van der Waals surface area contributed by atoms with Gasteiger partial charge < -0.3 is 11.1 Å². The number of amides is 1. The fourth-order valence-corrected chi connectivity index (χ4v) is 3.24. The van der Waals surface area contributed by atoms with Gasteiger partial charge in [0.25, 0.3) is 0 Å². The molecule has 7 nitrogen and oxygen atoms in total. The van der Waals surface area contributed by atoms with Crippen molar-refractivity contribution in [2.45, 2.75) is 31.5 Å². The molecule has 3 N–H and O–H groups in total. The molecule has 120 valence electrons. The highest BCUT2D eigenvalue weighted by Crippen LogP contribution is 2.35. The number of anilines is 1. The maximum Gasteiger partial charge on any atom is 0.248 e. The molecule has 1 amide bonds. The van der Waals surface area contributed by atoms with E-state index >= 15 is 0 Å². The molecule has 2 aromatic rings. The van der Waals surface area contributed by atoms with E-state index in [1.807, 2.05) is 19.1 Å². The van der Waals surface area contributed by atoms with E-state index in [2.05, 4.69) is 27.3 Å². The van der Waals surface area contributed by atoms with Crippen molar-refractivity contribution >= 4 is 23.6 Å². The predicted molar refractivity (Wildman–Crippen MR) is 88.9 cm³/mol. The SMILES string of the molecule is CCCSc1nc2n(n1)C(c1ccncc1)C(C(N)=O)=C(C)N2. The summed E-state index contributed by atoms with van der Waals surface area (Å²) in [4.78, 5) is 20.5. The van der Waals surface area contributed by atoms with Crippen LogP contribution in [-0.2, 0) is 4.79 Å². The van der Waals surface area contributed by atoms with Crippen LogP contribution in [0.25, 0.3) is 0 Å². The standard InChI is InChI=1S/C15H18N6OS/c1-3-8-23-15-19-14-18-9(2)11(13(16)22)12(21(14)20-15)10-4-6-17-7-5-10/h4-7,12H,3,8H2,1-2H3,(H2,16,22)(H,18,19,20).